The minimum atomic E-state index is -0.459. The molecule has 0 amide bonds. The van der Waals surface area contributed by atoms with Gasteiger partial charge in [-0.2, -0.15) is 0 Å². The minimum absolute atomic E-state index is 0.196. The maximum atomic E-state index is 12.7. The fraction of sp³-hybridized carbons (Fsp3) is 0.120. The number of rotatable bonds is 4. The molecule has 1 heterocycles. The summed E-state index contributed by atoms with van der Waals surface area (Å²) in [6, 6.07) is 19.8. The van der Waals surface area contributed by atoms with Crippen LogP contribution in [0, 0.1) is 6.92 Å². The first kappa shape index (κ1) is 19.5. The van der Waals surface area contributed by atoms with Crippen molar-refractivity contribution in [1.82, 2.24) is 0 Å². The number of aryl methyl sites for hydroxylation is 1. The van der Waals surface area contributed by atoms with Crippen molar-refractivity contribution in [3.8, 4) is 11.5 Å². The van der Waals surface area contributed by atoms with E-state index in [1.807, 2.05) is 56.3 Å². The van der Waals surface area contributed by atoms with Crippen molar-refractivity contribution in [2.24, 2.45) is 0 Å². The van der Waals surface area contributed by atoms with Crippen molar-refractivity contribution < 1.29 is 19.1 Å². The van der Waals surface area contributed by atoms with Crippen LogP contribution in [-0.2, 0) is 0 Å². The van der Waals surface area contributed by atoms with E-state index in [9.17, 15) is 9.59 Å². The Bertz CT molecular complexity index is 1160. The van der Waals surface area contributed by atoms with E-state index in [2.05, 4.69) is 0 Å². The van der Waals surface area contributed by atoms with Gasteiger partial charge in [-0.3, -0.25) is 4.79 Å². The van der Waals surface area contributed by atoms with Crippen LogP contribution in [0.25, 0.3) is 6.08 Å². The van der Waals surface area contributed by atoms with E-state index in [-0.39, 0.29) is 11.5 Å². The van der Waals surface area contributed by atoms with Crippen LogP contribution >= 0.6 is 0 Å². The summed E-state index contributed by atoms with van der Waals surface area (Å²) >= 11 is 0. The summed E-state index contributed by atoms with van der Waals surface area (Å²) in [6.07, 6.45) is 1.71. The molecular formula is C25H21NO4. The quantitative estimate of drug-likeness (QED) is 0.355. The number of ketones is 1. The maximum Gasteiger partial charge on any atom is 0.343 e. The first-order valence-electron chi connectivity index (χ1n) is 9.55. The van der Waals surface area contributed by atoms with Gasteiger partial charge in [0.2, 0.25) is 5.78 Å². The lowest BCUT2D eigenvalue weighted by Gasteiger charge is -2.11. The van der Waals surface area contributed by atoms with Crippen LogP contribution in [0.5, 0.6) is 11.5 Å². The molecule has 0 atom stereocenters. The van der Waals surface area contributed by atoms with Gasteiger partial charge in [-0.25, -0.2) is 4.79 Å². The molecule has 0 radical (unpaired) electrons. The van der Waals surface area contributed by atoms with Gasteiger partial charge in [0.05, 0.1) is 11.1 Å². The monoisotopic (exact) mass is 399 g/mol. The molecule has 0 aromatic heterocycles. The van der Waals surface area contributed by atoms with Crippen LogP contribution in [0.2, 0.25) is 0 Å². The highest BCUT2D eigenvalue weighted by Crippen LogP contribution is 2.35. The molecule has 0 saturated heterocycles. The molecule has 3 aromatic rings. The molecule has 3 aromatic carbocycles. The van der Waals surface area contributed by atoms with Gasteiger partial charge >= 0.3 is 5.97 Å². The standard InChI is InChI=1S/C25H21NO4/c1-16-5-4-6-18(13-16)25(28)29-20-11-12-21-22(15-20)30-23(24(21)27)14-17-7-9-19(10-8-17)26(2)3/h4-15H,1-3H3/b23-14-. The highest BCUT2D eigenvalue weighted by atomic mass is 16.5. The molecule has 5 heteroatoms. The van der Waals surface area contributed by atoms with Gasteiger partial charge in [0.1, 0.15) is 11.5 Å². The van der Waals surface area contributed by atoms with Crippen molar-refractivity contribution in [1.29, 1.82) is 0 Å². The Labute approximate surface area is 175 Å². The molecule has 0 spiro atoms. The number of allylic oxidation sites excluding steroid dienone is 1. The minimum Gasteiger partial charge on any atom is -0.452 e. The first-order valence-corrected chi connectivity index (χ1v) is 9.55. The molecule has 0 aliphatic carbocycles. The van der Waals surface area contributed by atoms with Crippen LogP contribution in [0.4, 0.5) is 5.69 Å². The Morgan fingerprint density at radius 1 is 1.00 bits per heavy atom. The van der Waals surface area contributed by atoms with E-state index in [4.69, 9.17) is 9.47 Å². The molecular weight excluding hydrogens is 378 g/mol. The zero-order chi connectivity index (χ0) is 21.3. The molecule has 0 fully saturated rings. The van der Waals surface area contributed by atoms with Gasteiger partial charge in [-0.1, -0.05) is 29.8 Å². The number of benzene rings is 3. The third-order valence-electron chi connectivity index (χ3n) is 4.81. The van der Waals surface area contributed by atoms with Crippen LogP contribution < -0.4 is 14.4 Å². The van der Waals surface area contributed by atoms with Crippen LogP contribution in [0.3, 0.4) is 0 Å². The Kier molecular flexibility index (Phi) is 5.11. The zero-order valence-corrected chi connectivity index (χ0v) is 17.0. The summed E-state index contributed by atoms with van der Waals surface area (Å²) in [5, 5.41) is 0. The Morgan fingerprint density at radius 2 is 1.77 bits per heavy atom. The van der Waals surface area contributed by atoms with Crippen molar-refractivity contribution >= 4 is 23.5 Å². The highest BCUT2D eigenvalue weighted by molar-refractivity contribution is 6.14. The maximum absolute atomic E-state index is 12.7. The van der Waals surface area contributed by atoms with Crippen molar-refractivity contribution in [3.63, 3.8) is 0 Å². The third-order valence-corrected chi connectivity index (χ3v) is 4.81. The molecule has 1 aliphatic rings. The Balaban J connectivity index is 1.53. The van der Waals surface area contributed by atoms with E-state index >= 15 is 0 Å². The lowest BCUT2D eigenvalue weighted by atomic mass is 10.1. The van der Waals surface area contributed by atoms with E-state index < -0.39 is 5.97 Å². The lowest BCUT2D eigenvalue weighted by molar-refractivity contribution is 0.0734. The second-order valence-electron chi connectivity index (χ2n) is 7.34. The fourth-order valence-electron chi connectivity index (χ4n) is 3.19. The number of fused-ring (bicyclic) bond motifs is 1. The molecule has 5 nitrogen and oxygen atoms in total. The van der Waals surface area contributed by atoms with Gasteiger partial charge in [0, 0.05) is 25.8 Å². The topological polar surface area (TPSA) is 55.8 Å². The molecule has 0 saturated carbocycles. The number of hydrogen-bond acceptors (Lipinski definition) is 5. The zero-order valence-electron chi connectivity index (χ0n) is 17.0. The van der Waals surface area contributed by atoms with Gasteiger partial charge in [0.25, 0.3) is 0 Å². The smallest absolute Gasteiger partial charge is 0.343 e. The van der Waals surface area contributed by atoms with E-state index in [1.165, 1.54) is 0 Å². The number of carbonyl (C=O) groups excluding carboxylic acids is 2. The summed E-state index contributed by atoms with van der Waals surface area (Å²) in [6.45, 7) is 1.91. The van der Waals surface area contributed by atoms with Crippen LogP contribution in [0.1, 0.15) is 31.8 Å². The van der Waals surface area contributed by atoms with Gasteiger partial charge in [0.15, 0.2) is 5.76 Å². The lowest BCUT2D eigenvalue weighted by Crippen LogP contribution is -2.08. The predicted octanol–water partition coefficient (Wildman–Crippen LogP) is 4.90. The van der Waals surface area contributed by atoms with Gasteiger partial charge in [-0.05, 0) is 55.0 Å². The number of anilines is 1. The number of carbonyl (C=O) groups is 2. The fourth-order valence-corrected chi connectivity index (χ4v) is 3.19. The molecule has 0 bridgehead atoms. The summed E-state index contributed by atoms with van der Waals surface area (Å²) in [4.78, 5) is 27.0. The number of esters is 1. The molecule has 30 heavy (non-hydrogen) atoms. The molecule has 150 valence electrons. The number of Topliss-reactive ketones (excluding diaryl/α,β-unsaturated/α-hetero) is 1. The Morgan fingerprint density at radius 3 is 2.47 bits per heavy atom. The summed E-state index contributed by atoms with van der Waals surface area (Å²) in [5.41, 5.74) is 3.82. The van der Waals surface area contributed by atoms with Crippen molar-refractivity contribution in [3.05, 3.63) is 94.7 Å². The van der Waals surface area contributed by atoms with E-state index in [0.29, 0.717) is 22.6 Å². The average molecular weight is 399 g/mol. The van der Waals surface area contributed by atoms with Crippen LogP contribution in [0.15, 0.2) is 72.5 Å². The normalized spacial score (nSPS) is 13.7. The molecule has 1 aliphatic heterocycles. The molecule has 4 rings (SSSR count). The average Bonchev–Trinajstić information content (AvgIpc) is 3.03. The first-order chi connectivity index (χ1) is 14.4. The summed E-state index contributed by atoms with van der Waals surface area (Å²) in [7, 11) is 3.94. The largest absolute Gasteiger partial charge is 0.452 e. The molecule has 0 N–H and O–H groups in total. The second kappa shape index (κ2) is 7.87. The summed E-state index contributed by atoms with van der Waals surface area (Å²) < 4.78 is 11.2. The predicted molar refractivity (Wildman–Crippen MR) is 116 cm³/mol. The SMILES string of the molecule is Cc1cccc(C(=O)Oc2ccc3c(c2)O/C(=C\c2ccc(N(C)C)cc2)C3=O)c1. The highest BCUT2D eigenvalue weighted by Gasteiger charge is 2.28. The van der Waals surface area contributed by atoms with Gasteiger partial charge < -0.3 is 14.4 Å². The number of nitrogens with zero attached hydrogens (tertiary/aromatic N) is 1. The molecule has 0 unspecified atom stereocenters. The van der Waals surface area contributed by atoms with Crippen molar-refractivity contribution in [2.45, 2.75) is 6.92 Å². The van der Waals surface area contributed by atoms with Gasteiger partial charge in [-0.15, -0.1) is 0 Å². The summed E-state index contributed by atoms with van der Waals surface area (Å²) in [5.74, 6) is 0.290. The third kappa shape index (κ3) is 3.96. The van der Waals surface area contributed by atoms with E-state index in [0.717, 1.165) is 16.8 Å². The number of hydrogen-bond donors (Lipinski definition) is 0. The Hall–Kier alpha value is -3.86. The number of ether oxygens (including phenoxy) is 2. The second-order valence-corrected chi connectivity index (χ2v) is 7.34. The van der Waals surface area contributed by atoms with E-state index in [1.54, 1.807) is 42.5 Å². The van der Waals surface area contributed by atoms with Crippen molar-refractivity contribution in [2.75, 3.05) is 19.0 Å². The van der Waals surface area contributed by atoms with Crippen LogP contribution in [-0.4, -0.2) is 25.8 Å².